The second-order valence-corrected chi connectivity index (χ2v) is 7.07. The van der Waals surface area contributed by atoms with Gasteiger partial charge in [-0.05, 0) is 47.2 Å². The van der Waals surface area contributed by atoms with Gasteiger partial charge in [-0.15, -0.1) is 24.0 Å². The molecule has 1 aromatic heterocycles. The number of aromatic nitrogens is 2. The minimum absolute atomic E-state index is 0. The zero-order valence-corrected chi connectivity index (χ0v) is 19.6. The van der Waals surface area contributed by atoms with Crippen LogP contribution in [-0.2, 0) is 18.8 Å². The maximum atomic E-state index is 13.5. The van der Waals surface area contributed by atoms with E-state index in [-0.39, 0.29) is 29.8 Å². The summed E-state index contributed by atoms with van der Waals surface area (Å²) in [5.41, 5.74) is 4.20. The molecule has 154 valence electrons. The van der Waals surface area contributed by atoms with Gasteiger partial charge < -0.3 is 10.6 Å². The topological polar surface area (TPSA) is 54.2 Å². The molecule has 2 N–H and O–H groups in total. The van der Waals surface area contributed by atoms with Gasteiger partial charge in [0.2, 0.25) is 0 Å². The Bertz CT molecular complexity index is 931. The fourth-order valence-corrected chi connectivity index (χ4v) is 3.51. The highest BCUT2D eigenvalue weighted by atomic mass is 127. The van der Waals surface area contributed by atoms with E-state index >= 15 is 0 Å². The first kappa shape index (κ1) is 23.2. The first-order valence-electron chi connectivity index (χ1n) is 9.00. The molecule has 29 heavy (non-hydrogen) atoms. The Morgan fingerprint density at radius 2 is 1.83 bits per heavy atom. The number of hydrogen-bond acceptors (Lipinski definition) is 3. The Balaban J connectivity index is 0.00000300. The third-order valence-corrected chi connectivity index (χ3v) is 4.93. The van der Waals surface area contributed by atoms with Crippen LogP contribution in [0, 0.1) is 5.82 Å². The molecular weight excluding hydrogens is 500 g/mol. The van der Waals surface area contributed by atoms with Crippen LogP contribution in [0.3, 0.4) is 0 Å². The van der Waals surface area contributed by atoms with Crippen molar-refractivity contribution in [1.82, 2.24) is 20.4 Å². The molecule has 8 heteroatoms. The van der Waals surface area contributed by atoms with E-state index in [2.05, 4.69) is 26.8 Å². The first-order valence-corrected chi connectivity index (χ1v) is 10.4. The summed E-state index contributed by atoms with van der Waals surface area (Å²) in [4.78, 5) is 4.30. The van der Waals surface area contributed by atoms with Crippen molar-refractivity contribution in [3.05, 3.63) is 83.4 Å². The summed E-state index contributed by atoms with van der Waals surface area (Å²) in [5, 5.41) is 11.0. The van der Waals surface area contributed by atoms with Crippen LogP contribution >= 0.6 is 35.7 Å². The number of thioether (sulfide) groups is 1. The van der Waals surface area contributed by atoms with Crippen LogP contribution in [0.25, 0.3) is 5.69 Å². The van der Waals surface area contributed by atoms with Gasteiger partial charge in [-0.2, -0.15) is 16.9 Å². The largest absolute Gasteiger partial charge is 0.352 e. The van der Waals surface area contributed by atoms with Crippen molar-refractivity contribution >= 4 is 41.7 Å². The molecule has 0 aliphatic rings. The molecule has 0 atom stereocenters. The molecule has 0 amide bonds. The van der Waals surface area contributed by atoms with Gasteiger partial charge in [0, 0.05) is 38.3 Å². The van der Waals surface area contributed by atoms with E-state index in [9.17, 15) is 4.39 Å². The Morgan fingerprint density at radius 3 is 2.52 bits per heavy atom. The van der Waals surface area contributed by atoms with Crippen LogP contribution in [-0.4, -0.2) is 29.0 Å². The average molecular weight is 525 g/mol. The number of nitrogens with one attached hydrogen (secondary N) is 2. The van der Waals surface area contributed by atoms with Gasteiger partial charge in [-0.3, -0.25) is 4.99 Å². The van der Waals surface area contributed by atoms with Crippen LogP contribution in [0.15, 0.2) is 65.9 Å². The van der Waals surface area contributed by atoms with E-state index in [1.807, 2.05) is 47.5 Å². The number of rotatable bonds is 7. The summed E-state index contributed by atoms with van der Waals surface area (Å²) in [7, 11) is 1.74. The Hall–Kier alpha value is -2.07. The zero-order chi connectivity index (χ0) is 19.8. The van der Waals surface area contributed by atoms with Crippen molar-refractivity contribution in [2.75, 3.05) is 13.3 Å². The molecule has 0 aliphatic carbocycles. The lowest BCUT2D eigenvalue weighted by Gasteiger charge is -2.15. The van der Waals surface area contributed by atoms with Crippen molar-refractivity contribution in [2.24, 2.45) is 4.99 Å². The minimum atomic E-state index is -0.203. The van der Waals surface area contributed by atoms with Crippen molar-refractivity contribution in [3.63, 3.8) is 0 Å². The fourth-order valence-electron chi connectivity index (χ4n) is 2.93. The van der Waals surface area contributed by atoms with E-state index in [0.717, 1.165) is 28.1 Å². The third-order valence-electron chi connectivity index (χ3n) is 4.33. The number of hydrogen-bond donors (Lipinski definition) is 2. The summed E-state index contributed by atoms with van der Waals surface area (Å²) in [6.07, 6.45) is 5.70. The number of para-hydroxylation sites is 1. The summed E-state index contributed by atoms with van der Waals surface area (Å²) in [6, 6.07) is 14.9. The van der Waals surface area contributed by atoms with Crippen molar-refractivity contribution < 1.29 is 4.39 Å². The number of halogens is 2. The molecule has 2 aromatic carbocycles. The SMILES string of the molecule is CN=C(NCc1ccc(F)cc1CSC)NCc1ccccc1-n1cccn1.I. The molecule has 3 aromatic rings. The molecule has 0 bridgehead atoms. The second kappa shape index (κ2) is 11.8. The van der Waals surface area contributed by atoms with Crippen LogP contribution in [0.4, 0.5) is 4.39 Å². The van der Waals surface area contributed by atoms with Crippen LogP contribution < -0.4 is 10.6 Å². The van der Waals surface area contributed by atoms with E-state index in [4.69, 9.17) is 0 Å². The van der Waals surface area contributed by atoms with Gasteiger partial charge in [-0.25, -0.2) is 9.07 Å². The lowest BCUT2D eigenvalue weighted by Crippen LogP contribution is -2.36. The maximum absolute atomic E-state index is 13.5. The Kier molecular flexibility index (Phi) is 9.46. The molecule has 0 spiro atoms. The molecule has 0 saturated carbocycles. The molecule has 0 radical (unpaired) electrons. The summed E-state index contributed by atoms with van der Waals surface area (Å²) in [6.45, 7) is 1.19. The Labute approximate surface area is 192 Å². The highest BCUT2D eigenvalue weighted by Gasteiger charge is 2.07. The number of benzene rings is 2. The van der Waals surface area contributed by atoms with E-state index < -0.39 is 0 Å². The van der Waals surface area contributed by atoms with E-state index in [1.165, 1.54) is 6.07 Å². The minimum Gasteiger partial charge on any atom is -0.352 e. The van der Waals surface area contributed by atoms with Gasteiger partial charge in [-0.1, -0.05) is 24.3 Å². The van der Waals surface area contributed by atoms with Gasteiger partial charge in [0.25, 0.3) is 0 Å². The van der Waals surface area contributed by atoms with Crippen molar-refractivity contribution in [1.29, 1.82) is 0 Å². The zero-order valence-electron chi connectivity index (χ0n) is 16.4. The lowest BCUT2D eigenvalue weighted by molar-refractivity contribution is 0.625. The predicted octanol–water partition coefficient (Wildman–Crippen LogP) is 4.36. The van der Waals surface area contributed by atoms with Gasteiger partial charge >= 0.3 is 0 Å². The number of guanidine groups is 1. The highest BCUT2D eigenvalue weighted by molar-refractivity contribution is 14.0. The molecule has 0 aliphatic heterocycles. The van der Waals surface area contributed by atoms with Crippen LogP contribution in [0.1, 0.15) is 16.7 Å². The number of aliphatic imine (C=N–C) groups is 1. The first-order chi connectivity index (χ1) is 13.7. The highest BCUT2D eigenvalue weighted by Crippen LogP contribution is 2.17. The lowest BCUT2D eigenvalue weighted by atomic mass is 10.1. The molecule has 0 unspecified atom stereocenters. The van der Waals surface area contributed by atoms with Crippen molar-refractivity contribution in [3.8, 4) is 5.69 Å². The van der Waals surface area contributed by atoms with E-state index in [0.29, 0.717) is 19.0 Å². The smallest absolute Gasteiger partial charge is 0.191 e. The number of nitrogens with zero attached hydrogens (tertiary/aromatic N) is 3. The molecule has 1 heterocycles. The van der Waals surface area contributed by atoms with Crippen LogP contribution in [0.2, 0.25) is 0 Å². The predicted molar refractivity (Wildman–Crippen MR) is 130 cm³/mol. The van der Waals surface area contributed by atoms with Crippen LogP contribution in [0.5, 0.6) is 0 Å². The molecule has 0 saturated heterocycles. The standard InChI is InChI=1S/C21H24FN5S.HI/c1-23-21(24-13-16-8-9-19(22)12-18(16)15-28-2)25-14-17-6-3-4-7-20(17)27-11-5-10-26-27;/h3-12H,13-15H2,1-2H3,(H2,23,24,25);1H. The molecule has 5 nitrogen and oxygen atoms in total. The van der Waals surface area contributed by atoms with Gasteiger partial charge in [0.15, 0.2) is 5.96 Å². The van der Waals surface area contributed by atoms with Gasteiger partial charge in [0.1, 0.15) is 5.82 Å². The maximum Gasteiger partial charge on any atom is 0.191 e. The Morgan fingerprint density at radius 1 is 1.07 bits per heavy atom. The van der Waals surface area contributed by atoms with E-state index in [1.54, 1.807) is 31.1 Å². The second-order valence-electron chi connectivity index (χ2n) is 6.20. The summed E-state index contributed by atoms with van der Waals surface area (Å²) in [5.74, 6) is 1.26. The van der Waals surface area contributed by atoms with Crippen molar-refractivity contribution in [2.45, 2.75) is 18.8 Å². The molecule has 3 rings (SSSR count). The third kappa shape index (κ3) is 6.46. The average Bonchev–Trinajstić information content (AvgIpc) is 3.24. The monoisotopic (exact) mass is 525 g/mol. The molecular formula is C21H25FIN5S. The fraction of sp³-hybridized carbons (Fsp3) is 0.238. The van der Waals surface area contributed by atoms with Gasteiger partial charge in [0.05, 0.1) is 5.69 Å². The normalized spacial score (nSPS) is 11.1. The summed E-state index contributed by atoms with van der Waals surface area (Å²) < 4.78 is 15.4. The summed E-state index contributed by atoms with van der Waals surface area (Å²) >= 11 is 1.68. The quantitative estimate of drug-likeness (QED) is 0.274. The molecule has 0 fully saturated rings.